The summed E-state index contributed by atoms with van der Waals surface area (Å²) < 4.78 is 11.3. The lowest BCUT2D eigenvalue weighted by atomic mass is 9.95. The molecule has 7 N–H and O–H groups in total. The topological polar surface area (TPSA) is 271 Å². The number of carbonyl (C=O) groups is 9. The molecule has 8 amide bonds. The Hall–Kier alpha value is -7.84. The van der Waals surface area contributed by atoms with Crippen LogP contribution in [0.2, 0.25) is 5.02 Å². The third-order valence-corrected chi connectivity index (χ3v) is 14.6. The molecule has 3 fully saturated rings. The Balaban J connectivity index is 1.22. The monoisotopic (exact) mass is 1100 g/mol. The summed E-state index contributed by atoms with van der Waals surface area (Å²) in [5, 5.41) is 28.0. The summed E-state index contributed by atoms with van der Waals surface area (Å²) in [5.74, 6) is -7.80. The maximum Gasteiger partial charge on any atom is 0.408 e. The molecule has 4 aromatic rings. The molecule has 7 rings (SSSR count). The lowest BCUT2D eigenvalue weighted by molar-refractivity contribution is -0.165. The molecular formula is C58H69ClN8O12. The van der Waals surface area contributed by atoms with Gasteiger partial charge in [0.05, 0.1) is 0 Å². The van der Waals surface area contributed by atoms with E-state index in [1.54, 1.807) is 129 Å². The zero-order valence-corrected chi connectivity index (χ0v) is 45.5. The second-order valence-electron chi connectivity index (χ2n) is 20.7. The average molecular weight is 1110 g/mol. The van der Waals surface area contributed by atoms with Crippen LogP contribution in [0.1, 0.15) is 75.6 Å². The van der Waals surface area contributed by atoms with Crippen molar-refractivity contribution in [2.24, 2.45) is 11.8 Å². The van der Waals surface area contributed by atoms with Crippen molar-refractivity contribution in [2.75, 3.05) is 7.05 Å². The SMILES string of the molecule is CC(C)[C@@H]1NC(=O)[C@H](Cc2ccccc2)N(C)C(=O)[C@H](Cc2ccccc2)N2C(=O)[C@H](CC[C@H]2O)NC(=O)[C@H](C2CC2)NC(=O)[C@@H](NC(=O)[C@H](Cc2cccc(Cl)c2)NC(=O)[C@H](C)NC(=O)OCc2ccccc2)[C@@H](C)OC1=O. The fraction of sp³-hybridized carbons (Fsp3) is 0.431. The molecule has 1 saturated carbocycles. The van der Waals surface area contributed by atoms with Gasteiger partial charge in [-0.15, -0.1) is 0 Å². The van der Waals surface area contributed by atoms with Crippen LogP contribution in [0.4, 0.5) is 4.79 Å². The van der Waals surface area contributed by atoms with Crippen LogP contribution in [0.15, 0.2) is 115 Å². The van der Waals surface area contributed by atoms with E-state index in [0.717, 1.165) is 4.90 Å². The van der Waals surface area contributed by atoms with Crippen molar-refractivity contribution in [3.05, 3.63) is 143 Å². The Morgan fingerprint density at radius 2 is 1.29 bits per heavy atom. The van der Waals surface area contributed by atoms with Crippen LogP contribution in [-0.2, 0) is 73.7 Å². The fourth-order valence-electron chi connectivity index (χ4n) is 9.64. The number of likely N-dealkylation sites (N-methyl/N-ethyl adjacent to an activating group) is 1. The average Bonchev–Trinajstić information content (AvgIpc) is 4.32. The number of nitrogens with zero attached hydrogens (tertiary/aromatic N) is 2. The van der Waals surface area contributed by atoms with E-state index < -0.39 is 126 Å². The third-order valence-electron chi connectivity index (χ3n) is 14.3. The molecule has 2 saturated heterocycles. The lowest BCUT2D eigenvalue weighted by Gasteiger charge is -2.43. The summed E-state index contributed by atoms with van der Waals surface area (Å²) in [6.45, 7) is 5.94. The van der Waals surface area contributed by atoms with Crippen LogP contribution in [0.25, 0.3) is 0 Å². The molecule has 10 atom stereocenters. The van der Waals surface area contributed by atoms with Gasteiger partial charge in [-0.25, -0.2) is 9.59 Å². The van der Waals surface area contributed by atoms with Crippen LogP contribution in [0.3, 0.4) is 0 Å². The van der Waals surface area contributed by atoms with Gasteiger partial charge in [0.1, 0.15) is 67.3 Å². The van der Waals surface area contributed by atoms with E-state index >= 15 is 4.79 Å². The smallest absolute Gasteiger partial charge is 0.408 e. The number of cyclic esters (lactones) is 1. The van der Waals surface area contributed by atoms with E-state index in [2.05, 4.69) is 31.9 Å². The molecule has 0 aromatic heterocycles. The van der Waals surface area contributed by atoms with Crippen molar-refractivity contribution in [3.8, 4) is 0 Å². The van der Waals surface area contributed by atoms with Gasteiger partial charge in [-0.05, 0) is 85.8 Å². The van der Waals surface area contributed by atoms with E-state index in [1.165, 1.54) is 25.8 Å². The molecule has 0 spiro atoms. The van der Waals surface area contributed by atoms with Crippen LogP contribution in [0.5, 0.6) is 0 Å². The predicted octanol–water partition coefficient (Wildman–Crippen LogP) is 3.25. The first-order valence-corrected chi connectivity index (χ1v) is 26.9. The van der Waals surface area contributed by atoms with Gasteiger partial charge in [0.25, 0.3) is 0 Å². The highest BCUT2D eigenvalue weighted by atomic mass is 35.5. The number of aliphatic hydroxyl groups excluding tert-OH is 1. The predicted molar refractivity (Wildman–Crippen MR) is 290 cm³/mol. The lowest BCUT2D eigenvalue weighted by Crippen LogP contribution is -2.65. The molecule has 2 heterocycles. The van der Waals surface area contributed by atoms with Crippen LogP contribution < -0.4 is 31.9 Å². The van der Waals surface area contributed by atoms with E-state index in [4.69, 9.17) is 21.1 Å². The molecule has 21 heteroatoms. The number of carbonyl (C=O) groups excluding carboxylic acids is 9. The second-order valence-corrected chi connectivity index (χ2v) is 21.2. The summed E-state index contributed by atoms with van der Waals surface area (Å²) in [6.07, 6.45) is -3.29. The summed E-state index contributed by atoms with van der Waals surface area (Å²) in [7, 11) is 1.41. The van der Waals surface area contributed by atoms with Gasteiger partial charge in [0, 0.05) is 31.3 Å². The van der Waals surface area contributed by atoms with Gasteiger partial charge in [-0.3, -0.25) is 33.6 Å². The van der Waals surface area contributed by atoms with Gasteiger partial charge in [0.2, 0.25) is 41.4 Å². The Morgan fingerprint density at radius 3 is 1.89 bits per heavy atom. The minimum Gasteiger partial charge on any atom is -0.458 e. The zero-order chi connectivity index (χ0) is 56.9. The van der Waals surface area contributed by atoms with Crippen molar-refractivity contribution in [2.45, 2.75) is 140 Å². The standard InChI is InChI=1S/C58H69ClN8O12/c1-33(2)47-57(76)79-35(4)48(64-51(70)43(29-39-22-15-23-41(59)28-39)62-50(69)34(3)60-58(77)78-32-38-20-13-8-14-21-38)53(72)65-49(40-24-25-40)54(73)61-42-26-27-46(68)67(55(42)74)45(31-37-18-11-7-12-19-37)56(75)66(5)44(52(71)63-47)30-36-16-9-6-10-17-36/h6-23,28,33-35,40,42-49,68H,24-27,29-32H2,1-5H3,(H,60,77)(H,61,73)(H,62,69)(H,63,71)(H,64,70)(H,65,72)/t34-,35+,42-,43-,44-,45-,46+,47-,48-,49-/m0/s1. The van der Waals surface area contributed by atoms with E-state index in [0.29, 0.717) is 40.1 Å². The Morgan fingerprint density at radius 1 is 0.696 bits per heavy atom. The fourth-order valence-corrected chi connectivity index (χ4v) is 9.85. The third kappa shape index (κ3) is 15.9. The number of hydrogen-bond acceptors (Lipinski definition) is 12. The quantitative estimate of drug-likeness (QED) is 0.0846. The number of amides is 8. The number of alkyl carbamates (subject to hydrolysis) is 1. The minimum absolute atomic E-state index is 0.0281. The highest BCUT2D eigenvalue weighted by Crippen LogP contribution is 2.34. The molecule has 79 heavy (non-hydrogen) atoms. The normalized spacial score (nSPS) is 24.3. The highest BCUT2D eigenvalue weighted by Gasteiger charge is 2.47. The molecule has 2 bridgehead atoms. The largest absolute Gasteiger partial charge is 0.458 e. The van der Waals surface area contributed by atoms with Crippen molar-refractivity contribution >= 4 is 65.0 Å². The Kier molecular flexibility index (Phi) is 20.2. The molecule has 3 aliphatic rings. The Labute approximate surface area is 464 Å². The summed E-state index contributed by atoms with van der Waals surface area (Å²) in [4.78, 5) is 132. The number of nitrogens with one attached hydrogen (secondary N) is 6. The van der Waals surface area contributed by atoms with Crippen LogP contribution >= 0.6 is 11.6 Å². The number of benzene rings is 4. The number of esters is 1. The van der Waals surface area contributed by atoms with E-state index in [9.17, 15) is 43.5 Å². The minimum atomic E-state index is -1.77. The second kappa shape index (κ2) is 27.2. The van der Waals surface area contributed by atoms with Crippen molar-refractivity contribution < 1.29 is 57.7 Å². The van der Waals surface area contributed by atoms with Crippen LogP contribution in [0, 0.1) is 11.8 Å². The number of halogens is 1. The number of fused-ring (bicyclic) bond motifs is 2. The first-order valence-electron chi connectivity index (χ1n) is 26.6. The molecule has 0 radical (unpaired) electrons. The molecule has 4 aromatic carbocycles. The first kappa shape index (κ1) is 58.8. The number of hydrogen-bond donors (Lipinski definition) is 7. The van der Waals surface area contributed by atoms with E-state index in [1.807, 2.05) is 0 Å². The maximum absolute atomic E-state index is 15.1. The number of ether oxygens (including phenoxy) is 2. The molecular weight excluding hydrogens is 1040 g/mol. The van der Waals surface area contributed by atoms with Gasteiger partial charge in [-0.2, -0.15) is 0 Å². The first-order chi connectivity index (χ1) is 37.8. The molecule has 1 aliphatic carbocycles. The number of rotatable bonds is 15. The van der Waals surface area contributed by atoms with Crippen molar-refractivity contribution in [1.82, 2.24) is 41.7 Å². The van der Waals surface area contributed by atoms with Crippen molar-refractivity contribution in [3.63, 3.8) is 0 Å². The molecule has 20 nitrogen and oxygen atoms in total. The number of piperidine rings is 1. The van der Waals surface area contributed by atoms with Gasteiger partial charge in [-0.1, -0.05) is 129 Å². The van der Waals surface area contributed by atoms with Crippen molar-refractivity contribution in [1.29, 1.82) is 0 Å². The molecule has 0 unspecified atom stereocenters. The zero-order valence-electron chi connectivity index (χ0n) is 44.8. The van der Waals surface area contributed by atoms with Gasteiger partial charge < -0.3 is 56.3 Å². The van der Waals surface area contributed by atoms with Gasteiger partial charge >= 0.3 is 12.1 Å². The summed E-state index contributed by atoms with van der Waals surface area (Å²) in [5.41, 5.74) is 2.49. The number of aliphatic hydroxyl groups is 1. The molecule has 420 valence electrons. The Bertz CT molecular complexity index is 2820. The van der Waals surface area contributed by atoms with Crippen LogP contribution in [-0.4, -0.2) is 136 Å². The summed E-state index contributed by atoms with van der Waals surface area (Å²) in [6, 6.07) is 21.9. The summed E-state index contributed by atoms with van der Waals surface area (Å²) >= 11 is 6.33. The molecule has 2 aliphatic heterocycles. The van der Waals surface area contributed by atoms with Gasteiger partial charge in [0.15, 0.2) is 0 Å². The maximum atomic E-state index is 15.1. The highest BCUT2D eigenvalue weighted by molar-refractivity contribution is 6.30. The van der Waals surface area contributed by atoms with E-state index in [-0.39, 0.29) is 38.7 Å².